The summed E-state index contributed by atoms with van der Waals surface area (Å²) in [6, 6.07) is 4.02. The van der Waals surface area contributed by atoms with Crippen molar-refractivity contribution in [2.45, 2.75) is 53.0 Å². The van der Waals surface area contributed by atoms with Gasteiger partial charge in [0.25, 0.3) is 5.56 Å². The van der Waals surface area contributed by atoms with Crippen molar-refractivity contribution in [1.29, 1.82) is 0 Å². The van der Waals surface area contributed by atoms with Crippen molar-refractivity contribution < 1.29 is 4.79 Å². The Morgan fingerprint density at radius 2 is 1.75 bits per heavy atom. The van der Waals surface area contributed by atoms with Crippen LogP contribution in [0.5, 0.6) is 0 Å². The minimum Gasteiger partial charge on any atom is -0.343 e. The summed E-state index contributed by atoms with van der Waals surface area (Å²) >= 11 is 0. The molecule has 1 aromatic carbocycles. The molecule has 0 saturated carbocycles. The van der Waals surface area contributed by atoms with Gasteiger partial charge in [-0.25, -0.2) is 4.98 Å². The molecule has 5 heteroatoms. The van der Waals surface area contributed by atoms with Gasteiger partial charge in [-0.05, 0) is 63.3 Å². The van der Waals surface area contributed by atoms with Crippen LogP contribution in [0.1, 0.15) is 42.5 Å². The number of rotatable bonds is 3. The summed E-state index contributed by atoms with van der Waals surface area (Å²) in [5, 5.41) is 0. The molecule has 5 nitrogen and oxygen atoms in total. The third-order valence-corrected chi connectivity index (χ3v) is 4.98. The molecule has 1 aliphatic heterocycles. The van der Waals surface area contributed by atoms with Gasteiger partial charge in [-0.2, -0.15) is 0 Å². The van der Waals surface area contributed by atoms with Crippen LogP contribution in [0.4, 0.5) is 0 Å². The molecule has 0 bridgehead atoms. The van der Waals surface area contributed by atoms with E-state index in [0.717, 1.165) is 48.1 Å². The number of aryl methyl sites for hydroxylation is 4. The zero-order valence-electron chi connectivity index (χ0n) is 14.8. The highest BCUT2D eigenvalue weighted by Gasteiger charge is 2.17. The number of likely N-dealkylation sites (tertiary alicyclic amines) is 1. The largest absolute Gasteiger partial charge is 0.343 e. The number of amides is 1. The predicted octanol–water partition coefficient (Wildman–Crippen LogP) is 2.72. The van der Waals surface area contributed by atoms with Crippen molar-refractivity contribution in [1.82, 2.24) is 14.5 Å². The first-order valence-electron chi connectivity index (χ1n) is 8.73. The monoisotopic (exact) mass is 327 g/mol. The average Bonchev–Trinajstić information content (AvgIpc) is 2.58. The van der Waals surface area contributed by atoms with E-state index in [2.05, 4.69) is 4.98 Å². The molecule has 3 rings (SSSR count). The Morgan fingerprint density at radius 3 is 2.46 bits per heavy atom. The standard InChI is InChI=1S/C19H25N3O2/c1-13-11-16-17(12-14(13)2)22(19(24)15(3)20-16)10-7-18(23)21-8-5-4-6-9-21/h11-12H,4-10H2,1-3H3. The van der Waals surface area contributed by atoms with E-state index in [1.807, 2.05) is 30.9 Å². The predicted molar refractivity (Wildman–Crippen MR) is 95.3 cm³/mol. The van der Waals surface area contributed by atoms with E-state index in [0.29, 0.717) is 18.7 Å². The highest BCUT2D eigenvalue weighted by molar-refractivity contribution is 5.78. The lowest BCUT2D eigenvalue weighted by atomic mass is 10.1. The molecule has 0 atom stereocenters. The zero-order chi connectivity index (χ0) is 17.3. The maximum Gasteiger partial charge on any atom is 0.272 e. The third kappa shape index (κ3) is 3.21. The number of benzene rings is 1. The Labute approximate surface area is 142 Å². The van der Waals surface area contributed by atoms with E-state index in [-0.39, 0.29) is 11.5 Å². The van der Waals surface area contributed by atoms with Crippen molar-refractivity contribution in [3.8, 4) is 0 Å². The normalized spacial score (nSPS) is 15.0. The molecule has 0 unspecified atom stereocenters. The topological polar surface area (TPSA) is 55.2 Å². The summed E-state index contributed by atoms with van der Waals surface area (Å²) in [4.78, 5) is 31.3. The SMILES string of the molecule is Cc1cc2nc(C)c(=O)n(CCC(=O)N3CCCCC3)c2cc1C. The summed E-state index contributed by atoms with van der Waals surface area (Å²) in [5.74, 6) is 0.146. The van der Waals surface area contributed by atoms with E-state index in [1.165, 1.54) is 6.42 Å². The second kappa shape index (κ2) is 6.75. The number of fused-ring (bicyclic) bond motifs is 1. The van der Waals surface area contributed by atoms with Gasteiger partial charge in [0.05, 0.1) is 11.0 Å². The second-order valence-electron chi connectivity index (χ2n) is 6.77. The van der Waals surface area contributed by atoms with Gasteiger partial charge in [-0.15, -0.1) is 0 Å². The second-order valence-corrected chi connectivity index (χ2v) is 6.77. The Kier molecular flexibility index (Phi) is 4.69. The van der Waals surface area contributed by atoms with Gasteiger partial charge < -0.3 is 9.47 Å². The summed E-state index contributed by atoms with van der Waals surface area (Å²) < 4.78 is 1.71. The van der Waals surface area contributed by atoms with Crippen molar-refractivity contribution >= 4 is 16.9 Å². The minimum absolute atomic E-state index is 0.0998. The van der Waals surface area contributed by atoms with Gasteiger partial charge in [-0.3, -0.25) is 9.59 Å². The molecule has 0 aliphatic carbocycles. The third-order valence-electron chi connectivity index (χ3n) is 4.98. The Hall–Kier alpha value is -2.17. The Morgan fingerprint density at radius 1 is 1.08 bits per heavy atom. The maximum atomic E-state index is 12.5. The number of hydrogen-bond donors (Lipinski definition) is 0. The molecule has 2 heterocycles. The van der Waals surface area contributed by atoms with E-state index < -0.39 is 0 Å². The average molecular weight is 327 g/mol. The van der Waals surface area contributed by atoms with Crippen LogP contribution in [0.25, 0.3) is 11.0 Å². The molecule has 0 N–H and O–H groups in total. The summed E-state index contributed by atoms with van der Waals surface area (Å²) in [6.45, 7) is 7.92. The number of nitrogens with zero attached hydrogens (tertiary/aromatic N) is 3. The van der Waals surface area contributed by atoms with Gasteiger partial charge in [0.15, 0.2) is 0 Å². The van der Waals surface area contributed by atoms with Crippen LogP contribution in [0.15, 0.2) is 16.9 Å². The fraction of sp³-hybridized carbons (Fsp3) is 0.526. The molecule has 1 amide bonds. The van der Waals surface area contributed by atoms with Crippen LogP contribution >= 0.6 is 0 Å². The van der Waals surface area contributed by atoms with E-state index in [4.69, 9.17) is 0 Å². The number of carbonyl (C=O) groups excluding carboxylic acids is 1. The fourth-order valence-electron chi connectivity index (χ4n) is 3.36. The number of piperidine rings is 1. The molecule has 1 aromatic heterocycles. The first-order valence-corrected chi connectivity index (χ1v) is 8.73. The number of carbonyl (C=O) groups is 1. The Balaban J connectivity index is 1.90. The highest BCUT2D eigenvalue weighted by atomic mass is 16.2. The van der Waals surface area contributed by atoms with Crippen molar-refractivity contribution in [2.75, 3.05) is 13.1 Å². The van der Waals surface area contributed by atoms with Crippen LogP contribution in [-0.4, -0.2) is 33.4 Å². The van der Waals surface area contributed by atoms with E-state index in [1.54, 1.807) is 11.5 Å². The van der Waals surface area contributed by atoms with E-state index >= 15 is 0 Å². The lowest BCUT2D eigenvalue weighted by molar-refractivity contribution is -0.132. The minimum atomic E-state index is -0.0998. The smallest absolute Gasteiger partial charge is 0.272 e. The van der Waals surface area contributed by atoms with Gasteiger partial charge in [0.1, 0.15) is 5.69 Å². The maximum absolute atomic E-state index is 12.5. The van der Waals surface area contributed by atoms with Gasteiger partial charge in [-0.1, -0.05) is 0 Å². The summed E-state index contributed by atoms with van der Waals surface area (Å²) in [5.41, 5.74) is 4.31. The van der Waals surface area contributed by atoms with Gasteiger partial charge >= 0.3 is 0 Å². The molecule has 2 aromatic rings. The van der Waals surface area contributed by atoms with Gasteiger partial charge in [0, 0.05) is 26.1 Å². The van der Waals surface area contributed by atoms with Crippen LogP contribution in [0, 0.1) is 20.8 Å². The highest BCUT2D eigenvalue weighted by Crippen LogP contribution is 2.18. The summed E-state index contributed by atoms with van der Waals surface area (Å²) in [7, 11) is 0. The molecule has 1 fully saturated rings. The molecular formula is C19H25N3O2. The quantitative estimate of drug-likeness (QED) is 0.871. The lowest BCUT2D eigenvalue weighted by Gasteiger charge is -2.27. The Bertz CT molecular complexity index is 833. The molecule has 1 saturated heterocycles. The number of aromatic nitrogens is 2. The van der Waals surface area contributed by atoms with Crippen LogP contribution in [-0.2, 0) is 11.3 Å². The van der Waals surface area contributed by atoms with Crippen molar-refractivity contribution in [2.24, 2.45) is 0 Å². The molecule has 0 spiro atoms. The van der Waals surface area contributed by atoms with E-state index in [9.17, 15) is 9.59 Å². The molecule has 0 radical (unpaired) electrons. The van der Waals surface area contributed by atoms with Crippen LogP contribution in [0.2, 0.25) is 0 Å². The molecule has 1 aliphatic rings. The van der Waals surface area contributed by atoms with Crippen molar-refractivity contribution in [3.05, 3.63) is 39.3 Å². The molecule has 24 heavy (non-hydrogen) atoms. The fourth-order valence-corrected chi connectivity index (χ4v) is 3.36. The number of hydrogen-bond acceptors (Lipinski definition) is 3. The lowest BCUT2D eigenvalue weighted by Crippen LogP contribution is -2.36. The molecular weight excluding hydrogens is 302 g/mol. The molecule has 128 valence electrons. The van der Waals surface area contributed by atoms with Crippen molar-refractivity contribution in [3.63, 3.8) is 0 Å². The summed E-state index contributed by atoms with van der Waals surface area (Å²) in [6.07, 6.45) is 3.74. The van der Waals surface area contributed by atoms with Crippen LogP contribution in [0.3, 0.4) is 0 Å². The first-order chi connectivity index (χ1) is 11.5. The zero-order valence-corrected chi connectivity index (χ0v) is 14.8. The van der Waals surface area contributed by atoms with Crippen LogP contribution < -0.4 is 5.56 Å². The first kappa shape index (κ1) is 16.7. The van der Waals surface area contributed by atoms with Gasteiger partial charge in [0.2, 0.25) is 5.91 Å².